The fraction of sp³-hybridized carbons (Fsp3) is 0. The van der Waals surface area contributed by atoms with Crippen LogP contribution >= 0.6 is 11.6 Å². The minimum Gasteiger partial charge on any atom is -0.335 e. The Bertz CT molecular complexity index is 919. The Kier molecular flexibility index (Phi) is 2.51. The van der Waals surface area contributed by atoms with E-state index < -0.39 is 0 Å². The molecule has 0 unspecified atom stereocenters. The average Bonchev–Trinajstić information content (AvgIpc) is 2.95. The van der Waals surface area contributed by atoms with E-state index in [9.17, 15) is 0 Å². The number of aromatic amines is 1. The zero-order valence-corrected chi connectivity index (χ0v) is 11.3. The minimum absolute atomic E-state index is 0.703. The Morgan fingerprint density at radius 3 is 2.75 bits per heavy atom. The Balaban J connectivity index is 2.16. The van der Waals surface area contributed by atoms with Crippen molar-refractivity contribution in [1.82, 2.24) is 9.97 Å². The molecule has 2 nitrogen and oxygen atoms in total. The largest absolute Gasteiger partial charge is 0.335 e. The van der Waals surface area contributed by atoms with Gasteiger partial charge in [0.2, 0.25) is 0 Å². The van der Waals surface area contributed by atoms with Gasteiger partial charge in [-0.3, -0.25) is 0 Å². The Labute approximate surface area is 121 Å². The first-order valence-corrected chi connectivity index (χ1v) is 6.75. The normalized spacial score (nSPS) is 11.2. The molecule has 1 aromatic heterocycles. The highest BCUT2D eigenvalue weighted by Crippen LogP contribution is 2.37. The first kappa shape index (κ1) is 11.5. The molecule has 1 radical (unpaired) electrons. The van der Waals surface area contributed by atoms with Crippen LogP contribution in [-0.4, -0.2) is 9.97 Å². The van der Waals surface area contributed by atoms with Crippen LogP contribution in [0.15, 0.2) is 54.6 Å². The molecule has 3 aromatic carbocycles. The first-order chi connectivity index (χ1) is 9.84. The Morgan fingerprint density at radius 2 is 1.80 bits per heavy atom. The van der Waals surface area contributed by atoms with E-state index in [4.69, 9.17) is 11.6 Å². The van der Waals surface area contributed by atoms with Gasteiger partial charge in [0.15, 0.2) is 6.33 Å². The number of nitrogens with one attached hydrogen (secondary N) is 1. The van der Waals surface area contributed by atoms with Gasteiger partial charge in [-0.05, 0) is 28.5 Å². The summed E-state index contributed by atoms with van der Waals surface area (Å²) in [5.41, 5.74) is 3.85. The molecule has 0 saturated carbocycles. The van der Waals surface area contributed by atoms with Gasteiger partial charge in [-0.15, -0.1) is 0 Å². The van der Waals surface area contributed by atoms with E-state index in [1.54, 1.807) is 0 Å². The van der Waals surface area contributed by atoms with E-state index in [0.717, 1.165) is 22.2 Å². The summed E-state index contributed by atoms with van der Waals surface area (Å²) in [6, 6.07) is 18.3. The number of H-pyrrole nitrogens is 1. The van der Waals surface area contributed by atoms with Crippen molar-refractivity contribution in [3.8, 4) is 11.1 Å². The summed E-state index contributed by atoms with van der Waals surface area (Å²) in [6.07, 6.45) is 2.79. The highest BCUT2D eigenvalue weighted by molar-refractivity contribution is 6.35. The van der Waals surface area contributed by atoms with Crippen molar-refractivity contribution in [2.24, 2.45) is 0 Å². The van der Waals surface area contributed by atoms with E-state index >= 15 is 0 Å². The molecule has 3 heteroatoms. The van der Waals surface area contributed by atoms with Gasteiger partial charge in [-0.25, -0.2) is 4.98 Å². The van der Waals surface area contributed by atoms with Crippen LogP contribution in [0.25, 0.3) is 32.9 Å². The highest BCUT2D eigenvalue weighted by atomic mass is 35.5. The highest BCUT2D eigenvalue weighted by Gasteiger charge is 2.13. The van der Waals surface area contributed by atoms with Crippen LogP contribution in [-0.2, 0) is 0 Å². The third kappa shape index (κ3) is 1.62. The van der Waals surface area contributed by atoms with Crippen LogP contribution in [0.5, 0.6) is 0 Å². The van der Waals surface area contributed by atoms with Crippen molar-refractivity contribution in [3.63, 3.8) is 0 Å². The fourth-order valence-corrected chi connectivity index (χ4v) is 2.88. The van der Waals surface area contributed by atoms with Crippen LogP contribution in [0.4, 0.5) is 0 Å². The summed E-state index contributed by atoms with van der Waals surface area (Å²) in [6.45, 7) is 0. The third-order valence-electron chi connectivity index (χ3n) is 3.54. The summed E-state index contributed by atoms with van der Waals surface area (Å²) < 4.78 is 0. The summed E-state index contributed by atoms with van der Waals surface area (Å²) in [5.74, 6) is 0. The zero-order valence-electron chi connectivity index (χ0n) is 10.5. The van der Waals surface area contributed by atoms with Gasteiger partial charge in [0.1, 0.15) is 0 Å². The molecule has 0 spiro atoms. The van der Waals surface area contributed by atoms with Gasteiger partial charge in [0.05, 0.1) is 16.1 Å². The third-order valence-corrected chi connectivity index (χ3v) is 3.86. The average molecular weight is 278 g/mol. The lowest BCUT2D eigenvalue weighted by Crippen LogP contribution is -1.85. The van der Waals surface area contributed by atoms with Crippen LogP contribution in [0, 0.1) is 6.33 Å². The lowest BCUT2D eigenvalue weighted by Gasteiger charge is -2.09. The zero-order chi connectivity index (χ0) is 13.5. The quantitative estimate of drug-likeness (QED) is 0.530. The first-order valence-electron chi connectivity index (χ1n) is 6.37. The van der Waals surface area contributed by atoms with Crippen LogP contribution in [0.3, 0.4) is 0 Å². The molecule has 0 aliphatic carbocycles. The van der Waals surface area contributed by atoms with Gasteiger partial charge in [0.25, 0.3) is 0 Å². The maximum atomic E-state index is 6.43. The maximum absolute atomic E-state index is 6.43. The monoisotopic (exact) mass is 277 g/mol. The van der Waals surface area contributed by atoms with E-state index in [0.29, 0.717) is 5.02 Å². The number of hydrogen-bond acceptors (Lipinski definition) is 1. The van der Waals surface area contributed by atoms with E-state index in [1.807, 2.05) is 30.3 Å². The van der Waals surface area contributed by atoms with Crippen molar-refractivity contribution >= 4 is 33.4 Å². The Morgan fingerprint density at radius 1 is 0.950 bits per heavy atom. The molecule has 4 rings (SSSR count). The summed E-state index contributed by atoms with van der Waals surface area (Å²) >= 11 is 6.43. The van der Waals surface area contributed by atoms with E-state index in [2.05, 4.69) is 40.6 Å². The predicted octanol–water partition coefficient (Wildman–Crippen LogP) is 4.84. The smallest absolute Gasteiger partial charge is 0.174 e. The number of nitrogens with zero attached hydrogens (tertiary/aromatic N) is 1. The van der Waals surface area contributed by atoms with Crippen molar-refractivity contribution in [3.05, 3.63) is 65.9 Å². The molecule has 0 fully saturated rings. The molecule has 0 aliphatic heterocycles. The number of imidazole rings is 1. The topological polar surface area (TPSA) is 28.7 Å². The van der Waals surface area contributed by atoms with Crippen LogP contribution in [0.1, 0.15) is 0 Å². The molecule has 4 aromatic rings. The van der Waals surface area contributed by atoms with Gasteiger partial charge in [-0.2, -0.15) is 0 Å². The van der Waals surface area contributed by atoms with Gasteiger partial charge in [-0.1, -0.05) is 54.1 Å². The number of rotatable bonds is 1. The summed E-state index contributed by atoms with van der Waals surface area (Å²) in [5, 5.41) is 3.07. The van der Waals surface area contributed by atoms with E-state index in [1.165, 1.54) is 10.8 Å². The standard InChI is InChI=1S/C17H10ClN2/c18-14-8-9-15-17(20-10-19-15)16(14)13-7-3-5-11-4-1-2-6-12(11)13/h1-9H,(H,19,20). The van der Waals surface area contributed by atoms with Crippen LogP contribution in [0.2, 0.25) is 5.02 Å². The van der Waals surface area contributed by atoms with Crippen molar-refractivity contribution in [2.45, 2.75) is 0 Å². The second-order valence-electron chi connectivity index (χ2n) is 4.69. The van der Waals surface area contributed by atoms with Gasteiger partial charge >= 0.3 is 0 Å². The number of benzene rings is 3. The maximum Gasteiger partial charge on any atom is 0.174 e. The van der Waals surface area contributed by atoms with Crippen molar-refractivity contribution in [2.75, 3.05) is 0 Å². The molecular formula is C17H10ClN2. The molecule has 0 atom stereocenters. The minimum atomic E-state index is 0.703. The molecule has 0 bridgehead atoms. The molecule has 20 heavy (non-hydrogen) atoms. The Hall–Kier alpha value is -2.32. The number of halogens is 1. The van der Waals surface area contributed by atoms with E-state index in [-0.39, 0.29) is 0 Å². The predicted molar refractivity (Wildman–Crippen MR) is 82.9 cm³/mol. The molecule has 1 N–H and O–H groups in total. The lowest BCUT2D eigenvalue weighted by atomic mass is 9.97. The number of hydrogen-bond donors (Lipinski definition) is 1. The summed E-state index contributed by atoms with van der Waals surface area (Å²) in [4.78, 5) is 7.31. The van der Waals surface area contributed by atoms with Gasteiger partial charge in [0, 0.05) is 5.56 Å². The molecule has 0 aliphatic rings. The second-order valence-corrected chi connectivity index (χ2v) is 5.10. The number of fused-ring (bicyclic) bond motifs is 2. The summed E-state index contributed by atoms with van der Waals surface area (Å²) in [7, 11) is 0. The van der Waals surface area contributed by atoms with Gasteiger partial charge < -0.3 is 4.98 Å². The van der Waals surface area contributed by atoms with Crippen molar-refractivity contribution in [1.29, 1.82) is 0 Å². The second kappa shape index (κ2) is 4.36. The molecule has 0 amide bonds. The number of aromatic nitrogens is 2. The van der Waals surface area contributed by atoms with Crippen LogP contribution < -0.4 is 0 Å². The molecule has 95 valence electrons. The fourth-order valence-electron chi connectivity index (χ4n) is 2.63. The SMILES string of the molecule is Clc1ccc2[nH][c]nc2c1-c1cccc2ccccc12. The molecular weight excluding hydrogens is 268 g/mol. The molecule has 1 heterocycles. The van der Waals surface area contributed by atoms with Crippen molar-refractivity contribution < 1.29 is 0 Å². The lowest BCUT2D eigenvalue weighted by molar-refractivity contribution is 1.32. The molecule has 0 saturated heterocycles.